The first-order chi connectivity index (χ1) is 18.8. The highest BCUT2D eigenvalue weighted by Crippen LogP contribution is 2.46. The first kappa shape index (κ1) is 25.3. The zero-order valence-electron chi connectivity index (χ0n) is 21.3. The van der Waals surface area contributed by atoms with Gasteiger partial charge in [0.05, 0.1) is 34.6 Å². The van der Waals surface area contributed by atoms with E-state index in [9.17, 15) is 9.59 Å². The summed E-state index contributed by atoms with van der Waals surface area (Å²) in [5.74, 6) is 1.09. The number of anilines is 3. The minimum Gasteiger partial charge on any atom is -0.436 e. The quantitative estimate of drug-likeness (QED) is 0.487. The lowest BCUT2D eigenvalue weighted by atomic mass is 9.89. The molecular formula is C27H27ClFN7O3. The minimum absolute atomic E-state index is 0.0553. The van der Waals surface area contributed by atoms with Crippen LogP contribution in [0.2, 0.25) is 5.02 Å². The number of rotatable bonds is 5. The van der Waals surface area contributed by atoms with Crippen molar-refractivity contribution in [2.75, 3.05) is 41.3 Å². The third kappa shape index (κ3) is 4.82. The Balaban J connectivity index is 1.13. The van der Waals surface area contributed by atoms with Crippen LogP contribution in [0.5, 0.6) is 0 Å². The zero-order valence-corrected chi connectivity index (χ0v) is 22.0. The van der Waals surface area contributed by atoms with Gasteiger partial charge in [-0.05, 0) is 42.2 Å². The van der Waals surface area contributed by atoms with Crippen molar-refractivity contribution in [3.63, 3.8) is 0 Å². The number of hydrogen-bond donors (Lipinski definition) is 2. The summed E-state index contributed by atoms with van der Waals surface area (Å²) in [4.78, 5) is 33.8. The van der Waals surface area contributed by atoms with Crippen molar-refractivity contribution in [2.24, 2.45) is 5.92 Å². The van der Waals surface area contributed by atoms with Gasteiger partial charge in [-0.25, -0.2) is 14.2 Å². The lowest BCUT2D eigenvalue weighted by molar-refractivity contribution is 0.0263. The SMILES string of the molecule is C[C@H]1CCN(c2ccc(CNC(=O)c3cnnc(N4CC[C@]5(C4)OC(=O)Nc4ccc(Cl)c(F)c45)c3)cn2)C1. The number of aromatic nitrogens is 3. The Kier molecular flexibility index (Phi) is 6.46. The third-order valence-electron chi connectivity index (χ3n) is 7.54. The number of nitrogens with zero attached hydrogens (tertiary/aromatic N) is 5. The number of ether oxygens (including phenoxy) is 1. The number of nitrogens with one attached hydrogen (secondary N) is 2. The first-order valence-corrected chi connectivity index (χ1v) is 13.2. The second kappa shape index (κ2) is 9.96. The molecule has 0 radical (unpaired) electrons. The van der Waals surface area contributed by atoms with E-state index in [4.69, 9.17) is 16.3 Å². The normalized spacial score (nSPS) is 22.0. The zero-order chi connectivity index (χ0) is 27.1. The fourth-order valence-corrected chi connectivity index (χ4v) is 5.66. The van der Waals surface area contributed by atoms with Gasteiger partial charge in [-0.3, -0.25) is 10.1 Å². The molecular weight excluding hydrogens is 525 g/mol. The Morgan fingerprint density at radius 1 is 1.23 bits per heavy atom. The van der Waals surface area contributed by atoms with E-state index in [0.29, 0.717) is 42.5 Å². The molecule has 0 unspecified atom stereocenters. The fourth-order valence-electron chi connectivity index (χ4n) is 5.50. The van der Waals surface area contributed by atoms with Crippen LogP contribution in [0.4, 0.5) is 26.5 Å². The maximum Gasteiger partial charge on any atom is 0.412 e. The summed E-state index contributed by atoms with van der Waals surface area (Å²) < 4.78 is 20.7. The molecule has 202 valence electrons. The number of pyridine rings is 1. The van der Waals surface area contributed by atoms with Crippen LogP contribution in [0, 0.1) is 11.7 Å². The maximum atomic E-state index is 15.1. The topological polar surface area (TPSA) is 113 Å². The molecule has 2 fully saturated rings. The summed E-state index contributed by atoms with van der Waals surface area (Å²) in [5.41, 5.74) is 0.506. The number of carbonyl (C=O) groups excluding carboxylic acids is 2. The second-order valence-electron chi connectivity index (χ2n) is 10.3. The molecule has 2 atom stereocenters. The smallest absolute Gasteiger partial charge is 0.412 e. The van der Waals surface area contributed by atoms with Gasteiger partial charge < -0.3 is 19.9 Å². The number of fused-ring (bicyclic) bond motifs is 2. The molecule has 2 saturated heterocycles. The predicted octanol–water partition coefficient (Wildman–Crippen LogP) is 4.11. The van der Waals surface area contributed by atoms with E-state index in [1.807, 2.05) is 17.0 Å². The fraction of sp³-hybridized carbons (Fsp3) is 0.370. The van der Waals surface area contributed by atoms with Crippen molar-refractivity contribution in [3.8, 4) is 0 Å². The summed E-state index contributed by atoms with van der Waals surface area (Å²) in [6.45, 7) is 5.11. The average molecular weight is 552 g/mol. The molecule has 1 aromatic carbocycles. The van der Waals surface area contributed by atoms with Crippen LogP contribution in [-0.2, 0) is 16.9 Å². The molecule has 2 aromatic heterocycles. The van der Waals surface area contributed by atoms with Crippen molar-refractivity contribution in [1.82, 2.24) is 20.5 Å². The summed E-state index contributed by atoms with van der Waals surface area (Å²) in [7, 11) is 0. The van der Waals surface area contributed by atoms with Gasteiger partial charge in [0.25, 0.3) is 5.91 Å². The Morgan fingerprint density at radius 3 is 2.87 bits per heavy atom. The van der Waals surface area contributed by atoms with E-state index in [1.165, 1.54) is 18.7 Å². The summed E-state index contributed by atoms with van der Waals surface area (Å²) in [6, 6.07) is 8.53. The van der Waals surface area contributed by atoms with Crippen LogP contribution >= 0.6 is 11.6 Å². The molecule has 10 nitrogen and oxygen atoms in total. The number of carbonyl (C=O) groups is 2. The van der Waals surface area contributed by atoms with Gasteiger partial charge in [-0.1, -0.05) is 24.6 Å². The van der Waals surface area contributed by atoms with Crippen LogP contribution in [0.3, 0.4) is 0 Å². The third-order valence-corrected chi connectivity index (χ3v) is 7.84. The number of hydrogen-bond acceptors (Lipinski definition) is 8. The van der Waals surface area contributed by atoms with Crippen LogP contribution in [0.25, 0.3) is 0 Å². The highest BCUT2D eigenvalue weighted by molar-refractivity contribution is 6.31. The lowest BCUT2D eigenvalue weighted by Crippen LogP contribution is -2.42. The van der Waals surface area contributed by atoms with Gasteiger partial charge in [-0.15, -0.1) is 5.10 Å². The minimum atomic E-state index is -1.24. The molecule has 3 aromatic rings. The van der Waals surface area contributed by atoms with E-state index in [-0.39, 0.29) is 23.0 Å². The highest BCUT2D eigenvalue weighted by Gasteiger charge is 2.50. The Morgan fingerprint density at radius 2 is 2.10 bits per heavy atom. The molecule has 5 heterocycles. The molecule has 0 aliphatic carbocycles. The van der Waals surface area contributed by atoms with Gasteiger partial charge in [0.15, 0.2) is 17.2 Å². The van der Waals surface area contributed by atoms with Gasteiger partial charge in [0, 0.05) is 38.8 Å². The summed E-state index contributed by atoms with van der Waals surface area (Å²) in [5, 5.41) is 13.6. The standard InChI is InChI=1S/C27H27ClFN7O3/c1-16-6-8-35(14-16)21-5-2-17(11-30-21)12-31-25(37)18-10-22(34-32-13-18)36-9-7-27(15-36)23-20(33-26(38)39-27)4-3-19(28)24(23)29/h2-5,10-11,13,16H,6-9,12,14-15H2,1H3,(H,31,37)(H,33,38)/t16-,27+/m0/s1. The van der Waals surface area contributed by atoms with E-state index in [1.54, 1.807) is 18.3 Å². The van der Waals surface area contributed by atoms with Crippen molar-refractivity contribution in [2.45, 2.75) is 31.9 Å². The van der Waals surface area contributed by atoms with E-state index in [0.717, 1.165) is 24.5 Å². The van der Waals surface area contributed by atoms with Crippen LogP contribution in [0.15, 0.2) is 42.7 Å². The van der Waals surface area contributed by atoms with Crippen LogP contribution < -0.4 is 20.4 Å². The Bertz CT molecular complexity index is 1440. The van der Waals surface area contributed by atoms with E-state index >= 15 is 4.39 Å². The molecule has 39 heavy (non-hydrogen) atoms. The predicted molar refractivity (Wildman–Crippen MR) is 143 cm³/mol. The second-order valence-corrected chi connectivity index (χ2v) is 10.7. The number of benzene rings is 1. The number of amides is 2. The average Bonchev–Trinajstić information content (AvgIpc) is 3.56. The van der Waals surface area contributed by atoms with Crippen LogP contribution in [0.1, 0.15) is 41.3 Å². The van der Waals surface area contributed by atoms with Crippen molar-refractivity contribution in [3.05, 3.63) is 70.3 Å². The van der Waals surface area contributed by atoms with E-state index in [2.05, 4.69) is 37.6 Å². The molecule has 0 bridgehead atoms. The lowest BCUT2D eigenvalue weighted by Gasteiger charge is -2.35. The molecule has 6 rings (SSSR count). The molecule has 12 heteroatoms. The Labute approximate surface area is 229 Å². The van der Waals surface area contributed by atoms with Crippen LogP contribution in [-0.4, -0.2) is 53.4 Å². The molecule has 3 aliphatic rings. The van der Waals surface area contributed by atoms with Crippen molar-refractivity contribution >= 4 is 40.9 Å². The monoisotopic (exact) mass is 551 g/mol. The van der Waals surface area contributed by atoms with Gasteiger partial charge in [0.2, 0.25) is 0 Å². The maximum absolute atomic E-state index is 15.1. The molecule has 2 N–H and O–H groups in total. The van der Waals surface area contributed by atoms with Gasteiger partial charge in [0.1, 0.15) is 5.82 Å². The molecule has 3 aliphatic heterocycles. The number of halogens is 2. The summed E-state index contributed by atoms with van der Waals surface area (Å²) >= 11 is 6.04. The Hall–Kier alpha value is -3.99. The van der Waals surface area contributed by atoms with E-state index < -0.39 is 17.5 Å². The largest absolute Gasteiger partial charge is 0.436 e. The molecule has 2 amide bonds. The van der Waals surface area contributed by atoms with Crippen molar-refractivity contribution in [1.29, 1.82) is 0 Å². The van der Waals surface area contributed by atoms with Gasteiger partial charge >= 0.3 is 6.09 Å². The molecule has 0 saturated carbocycles. The highest BCUT2D eigenvalue weighted by atomic mass is 35.5. The van der Waals surface area contributed by atoms with Crippen molar-refractivity contribution < 1.29 is 18.7 Å². The summed E-state index contributed by atoms with van der Waals surface area (Å²) in [6.07, 6.45) is 3.99. The molecule has 1 spiro atoms. The first-order valence-electron chi connectivity index (χ1n) is 12.9. The van der Waals surface area contributed by atoms with Gasteiger partial charge in [-0.2, -0.15) is 5.10 Å².